The van der Waals surface area contributed by atoms with Gasteiger partial charge in [-0.15, -0.1) is 0 Å². The van der Waals surface area contributed by atoms with Crippen LogP contribution < -0.4 is 0 Å². The maximum absolute atomic E-state index is 4.33. The molecular weight excluding hydrogens is 208 g/mol. The van der Waals surface area contributed by atoms with Crippen LogP contribution in [0.5, 0.6) is 0 Å². The molecule has 0 bridgehead atoms. The fourth-order valence-electron chi connectivity index (χ4n) is 2.44. The second kappa shape index (κ2) is 4.21. The predicted molar refractivity (Wildman–Crippen MR) is 71.7 cm³/mol. The number of hydrogen-bond acceptors (Lipinski definition) is 1. The third-order valence-corrected chi connectivity index (χ3v) is 3.41. The molecule has 86 valence electrons. The average molecular weight is 224 g/mol. The van der Waals surface area contributed by atoms with E-state index in [4.69, 9.17) is 0 Å². The van der Waals surface area contributed by atoms with Crippen LogP contribution >= 0.6 is 0 Å². The van der Waals surface area contributed by atoms with Crippen molar-refractivity contribution in [3.05, 3.63) is 47.8 Å². The minimum absolute atomic E-state index is 0.973. The van der Waals surface area contributed by atoms with Crippen molar-refractivity contribution in [2.45, 2.75) is 26.2 Å². The molecule has 1 N–H and O–H groups in total. The Morgan fingerprint density at radius 1 is 1.35 bits per heavy atom. The Kier molecular flexibility index (Phi) is 2.56. The molecule has 0 radical (unpaired) electrons. The van der Waals surface area contributed by atoms with Crippen LogP contribution in [0.1, 0.15) is 31.7 Å². The summed E-state index contributed by atoms with van der Waals surface area (Å²) < 4.78 is 0. The van der Waals surface area contributed by atoms with E-state index in [1.807, 2.05) is 12.4 Å². The third kappa shape index (κ3) is 1.80. The first-order valence-electron chi connectivity index (χ1n) is 6.20. The summed E-state index contributed by atoms with van der Waals surface area (Å²) >= 11 is 0. The Morgan fingerprint density at radius 3 is 3.18 bits per heavy atom. The van der Waals surface area contributed by atoms with Crippen molar-refractivity contribution in [2.75, 3.05) is 0 Å². The Bertz CT molecular complexity index is 602. The first-order valence-corrected chi connectivity index (χ1v) is 6.20. The molecular formula is C15H16N2. The van der Waals surface area contributed by atoms with E-state index >= 15 is 0 Å². The summed E-state index contributed by atoms with van der Waals surface area (Å²) in [6.07, 6.45) is 12.0. The van der Waals surface area contributed by atoms with Crippen molar-refractivity contribution in [2.24, 2.45) is 0 Å². The summed E-state index contributed by atoms with van der Waals surface area (Å²) in [6.45, 7) is 2.23. The molecule has 17 heavy (non-hydrogen) atoms. The van der Waals surface area contributed by atoms with Gasteiger partial charge in [0.05, 0.1) is 0 Å². The van der Waals surface area contributed by atoms with Crippen LogP contribution in [0, 0.1) is 0 Å². The molecule has 1 aliphatic carbocycles. The zero-order valence-electron chi connectivity index (χ0n) is 10.0. The van der Waals surface area contributed by atoms with Gasteiger partial charge in [0.15, 0.2) is 0 Å². The van der Waals surface area contributed by atoms with E-state index in [0.717, 1.165) is 18.5 Å². The molecule has 2 nitrogen and oxygen atoms in total. The van der Waals surface area contributed by atoms with Gasteiger partial charge in [-0.2, -0.15) is 0 Å². The van der Waals surface area contributed by atoms with Crippen molar-refractivity contribution >= 4 is 16.6 Å². The fraction of sp³-hybridized carbons (Fsp3) is 0.267. The van der Waals surface area contributed by atoms with Crippen LogP contribution in [0.2, 0.25) is 0 Å². The van der Waals surface area contributed by atoms with E-state index in [0.29, 0.717) is 0 Å². The topological polar surface area (TPSA) is 28.7 Å². The molecule has 0 aromatic carbocycles. The molecule has 3 rings (SSSR count). The molecule has 2 aromatic heterocycles. The van der Waals surface area contributed by atoms with E-state index < -0.39 is 0 Å². The predicted octanol–water partition coefficient (Wildman–Crippen LogP) is 4.08. The Morgan fingerprint density at radius 2 is 2.29 bits per heavy atom. The van der Waals surface area contributed by atoms with Crippen molar-refractivity contribution in [1.29, 1.82) is 0 Å². The van der Waals surface area contributed by atoms with Crippen LogP contribution in [0.15, 0.2) is 42.3 Å². The number of H-pyrrole nitrogens is 1. The molecule has 0 saturated carbocycles. The minimum atomic E-state index is 0.973. The maximum Gasteiger partial charge on any atom is 0.137 e. The number of pyridine rings is 1. The molecule has 0 aliphatic heterocycles. The van der Waals surface area contributed by atoms with Gasteiger partial charge in [-0.3, -0.25) is 0 Å². The zero-order valence-corrected chi connectivity index (χ0v) is 10.0. The molecule has 0 spiro atoms. The van der Waals surface area contributed by atoms with Crippen LogP contribution in [0.25, 0.3) is 16.6 Å². The first-order chi connectivity index (χ1) is 8.38. The van der Waals surface area contributed by atoms with E-state index in [1.165, 1.54) is 22.9 Å². The summed E-state index contributed by atoms with van der Waals surface area (Å²) in [5.74, 6) is 0. The summed E-state index contributed by atoms with van der Waals surface area (Å²) in [6, 6.07) is 4.21. The zero-order chi connectivity index (χ0) is 11.7. The lowest BCUT2D eigenvalue weighted by Crippen LogP contribution is -1.93. The highest BCUT2D eigenvalue weighted by atomic mass is 14.8. The second-order valence-electron chi connectivity index (χ2n) is 4.45. The summed E-state index contributed by atoms with van der Waals surface area (Å²) in [7, 11) is 0. The number of nitrogens with zero attached hydrogens (tertiary/aromatic N) is 1. The van der Waals surface area contributed by atoms with Gasteiger partial charge in [0, 0.05) is 17.8 Å². The van der Waals surface area contributed by atoms with Gasteiger partial charge >= 0.3 is 0 Å². The van der Waals surface area contributed by atoms with Crippen molar-refractivity contribution < 1.29 is 0 Å². The molecule has 2 heterocycles. The van der Waals surface area contributed by atoms with E-state index in [9.17, 15) is 0 Å². The summed E-state index contributed by atoms with van der Waals surface area (Å²) in [5, 5.41) is 1.22. The van der Waals surface area contributed by atoms with Crippen LogP contribution in [0.4, 0.5) is 0 Å². The van der Waals surface area contributed by atoms with Gasteiger partial charge in [-0.05, 0) is 42.5 Å². The number of aromatic nitrogens is 2. The fourth-order valence-corrected chi connectivity index (χ4v) is 2.44. The van der Waals surface area contributed by atoms with Gasteiger partial charge in [0.1, 0.15) is 5.65 Å². The summed E-state index contributed by atoms with van der Waals surface area (Å²) in [4.78, 5) is 7.50. The lowest BCUT2D eigenvalue weighted by Gasteiger charge is -2.13. The van der Waals surface area contributed by atoms with Crippen molar-refractivity contribution in [3.63, 3.8) is 0 Å². The van der Waals surface area contributed by atoms with E-state index in [-0.39, 0.29) is 0 Å². The van der Waals surface area contributed by atoms with E-state index in [2.05, 4.69) is 41.2 Å². The van der Waals surface area contributed by atoms with Gasteiger partial charge in [0.25, 0.3) is 0 Å². The summed E-state index contributed by atoms with van der Waals surface area (Å²) in [5.41, 5.74) is 5.16. The number of rotatable bonds is 2. The van der Waals surface area contributed by atoms with E-state index in [1.54, 1.807) is 5.57 Å². The second-order valence-corrected chi connectivity index (χ2v) is 4.45. The lowest BCUT2D eigenvalue weighted by atomic mass is 9.92. The highest BCUT2D eigenvalue weighted by molar-refractivity contribution is 5.93. The monoisotopic (exact) mass is 224 g/mol. The first kappa shape index (κ1) is 10.3. The molecule has 0 amide bonds. The highest BCUT2D eigenvalue weighted by Gasteiger charge is 2.09. The standard InChI is InChI=1S/C15H16N2/c1-2-11-4-3-5-12(10-11)13-6-8-16-15-14(13)7-9-17-15/h5-10H,2-4H2,1H3,(H,16,17). The number of aromatic amines is 1. The molecule has 0 saturated heterocycles. The number of allylic oxidation sites excluding steroid dienone is 4. The van der Waals surface area contributed by atoms with Crippen molar-refractivity contribution in [3.8, 4) is 0 Å². The third-order valence-electron chi connectivity index (χ3n) is 3.41. The SMILES string of the molecule is CCC1=CC(c2ccnc3[nH]ccc23)=CCC1. The molecule has 0 unspecified atom stereocenters. The quantitative estimate of drug-likeness (QED) is 0.818. The molecule has 0 atom stereocenters. The smallest absolute Gasteiger partial charge is 0.137 e. The largest absolute Gasteiger partial charge is 0.346 e. The molecule has 2 heteroatoms. The highest BCUT2D eigenvalue weighted by Crippen LogP contribution is 2.30. The Hall–Kier alpha value is -1.83. The molecule has 2 aromatic rings. The van der Waals surface area contributed by atoms with Gasteiger partial charge in [-0.25, -0.2) is 4.98 Å². The number of hydrogen-bond donors (Lipinski definition) is 1. The minimum Gasteiger partial charge on any atom is -0.346 e. The average Bonchev–Trinajstić information content (AvgIpc) is 2.87. The maximum atomic E-state index is 4.33. The molecule has 1 aliphatic rings. The van der Waals surface area contributed by atoms with Crippen LogP contribution in [-0.4, -0.2) is 9.97 Å². The number of fused-ring (bicyclic) bond motifs is 1. The normalized spacial score (nSPS) is 15.8. The van der Waals surface area contributed by atoms with Crippen molar-refractivity contribution in [1.82, 2.24) is 9.97 Å². The van der Waals surface area contributed by atoms with Crippen LogP contribution in [0.3, 0.4) is 0 Å². The Balaban J connectivity index is 2.13. The van der Waals surface area contributed by atoms with Crippen LogP contribution in [-0.2, 0) is 0 Å². The van der Waals surface area contributed by atoms with Gasteiger partial charge in [0.2, 0.25) is 0 Å². The van der Waals surface area contributed by atoms with Gasteiger partial charge < -0.3 is 4.98 Å². The lowest BCUT2D eigenvalue weighted by molar-refractivity contribution is 0.899. The van der Waals surface area contributed by atoms with Gasteiger partial charge in [-0.1, -0.05) is 24.6 Å². The number of nitrogens with one attached hydrogen (secondary N) is 1. The molecule has 0 fully saturated rings. The Labute approximate surface area is 101 Å².